The first kappa shape index (κ1) is 21.0. The van der Waals surface area contributed by atoms with Gasteiger partial charge in [0.1, 0.15) is 23.7 Å². The largest absolute Gasteiger partial charge is 0.497 e. The third-order valence-electron chi connectivity index (χ3n) is 4.75. The molecule has 0 aliphatic carbocycles. The van der Waals surface area contributed by atoms with Crippen molar-refractivity contribution in [2.45, 2.75) is 19.5 Å². The van der Waals surface area contributed by atoms with Crippen LogP contribution < -0.4 is 10.1 Å². The average molecular weight is 409 g/mol. The molecule has 2 aromatic carbocycles. The van der Waals surface area contributed by atoms with Crippen LogP contribution in [0.2, 0.25) is 0 Å². The maximum absolute atomic E-state index is 12.9. The van der Waals surface area contributed by atoms with Crippen LogP contribution in [0.5, 0.6) is 5.75 Å². The van der Waals surface area contributed by atoms with Crippen molar-refractivity contribution in [1.82, 2.24) is 4.90 Å². The van der Waals surface area contributed by atoms with Crippen LogP contribution in [0.25, 0.3) is 0 Å². The minimum atomic E-state index is -0.863. The molecule has 0 unspecified atom stereocenters. The number of anilines is 1. The van der Waals surface area contributed by atoms with Crippen molar-refractivity contribution >= 4 is 29.2 Å². The summed E-state index contributed by atoms with van der Waals surface area (Å²) in [5.41, 5.74) is 0.990. The van der Waals surface area contributed by atoms with Gasteiger partial charge in [-0.05, 0) is 62.4 Å². The van der Waals surface area contributed by atoms with Crippen molar-refractivity contribution in [1.29, 1.82) is 0 Å². The molecule has 1 aliphatic rings. The lowest BCUT2D eigenvalue weighted by atomic mass is 10.1. The second-order valence-electron chi connectivity index (χ2n) is 7.19. The van der Waals surface area contributed by atoms with Gasteiger partial charge in [0.25, 0.3) is 5.91 Å². The lowest BCUT2D eigenvalue weighted by molar-refractivity contribution is -0.131. The Morgan fingerprint density at radius 2 is 1.67 bits per heavy atom. The standard InChI is InChI=1S/C22H23N3O5/c1-22(2)24-19(14-7-11-17(29-3)12-8-14)20(27)25(22)13-18(26)23-16-9-5-15(6-10-16)21(28)30-4/h5-12H,13H2,1-4H3,(H,23,26). The zero-order valence-electron chi connectivity index (χ0n) is 17.3. The number of aliphatic imine (C=N–C) groups is 1. The van der Waals surface area contributed by atoms with Crippen LogP contribution in [0, 0.1) is 0 Å². The van der Waals surface area contributed by atoms with Gasteiger partial charge in [0.15, 0.2) is 0 Å². The average Bonchev–Trinajstić information content (AvgIpc) is 2.97. The van der Waals surface area contributed by atoms with E-state index in [2.05, 4.69) is 15.0 Å². The van der Waals surface area contributed by atoms with E-state index >= 15 is 0 Å². The predicted octanol–water partition coefficient (Wildman–Crippen LogP) is 2.49. The molecule has 0 bridgehead atoms. The number of carbonyl (C=O) groups excluding carboxylic acids is 3. The van der Waals surface area contributed by atoms with E-state index in [9.17, 15) is 14.4 Å². The second-order valence-corrected chi connectivity index (χ2v) is 7.19. The number of methoxy groups -OCH3 is 2. The van der Waals surface area contributed by atoms with Crippen LogP contribution in [0.3, 0.4) is 0 Å². The minimum Gasteiger partial charge on any atom is -0.497 e. The minimum absolute atomic E-state index is 0.159. The SMILES string of the molecule is COC(=O)c1ccc(NC(=O)CN2C(=O)C(c3ccc(OC)cc3)=NC2(C)C)cc1. The highest BCUT2D eigenvalue weighted by atomic mass is 16.5. The summed E-state index contributed by atoms with van der Waals surface area (Å²) in [5.74, 6) is -0.464. The molecule has 30 heavy (non-hydrogen) atoms. The van der Waals surface area contributed by atoms with Gasteiger partial charge in [-0.3, -0.25) is 14.6 Å². The zero-order valence-corrected chi connectivity index (χ0v) is 17.3. The molecule has 0 fully saturated rings. The van der Waals surface area contributed by atoms with Gasteiger partial charge in [0, 0.05) is 11.3 Å². The zero-order chi connectivity index (χ0) is 21.9. The molecule has 0 saturated heterocycles. The fraction of sp³-hybridized carbons (Fsp3) is 0.273. The number of carbonyl (C=O) groups is 3. The molecule has 0 aromatic heterocycles. The summed E-state index contributed by atoms with van der Waals surface area (Å²) < 4.78 is 9.79. The van der Waals surface area contributed by atoms with Crippen molar-refractivity contribution in [3.05, 3.63) is 59.7 Å². The van der Waals surface area contributed by atoms with E-state index in [1.165, 1.54) is 12.0 Å². The van der Waals surface area contributed by atoms with Crippen molar-refractivity contribution in [2.75, 3.05) is 26.1 Å². The fourth-order valence-corrected chi connectivity index (χ4v) is 3.11. The van der Waals surface area contributed by atoms with E-state index in [4.69, 9.17) is 4.74 Å². The summed E-state index contributed by atoms with van der Waals surface area (Å²) >= 11 is 0. The number of amides is 2. The molecular formula is C22H23N3O5. The van der Waals surface area contributed by atoms with Crippen LogP contribution in [0.15, 0.2) is 53.5 Å². The summed E-state index contributed by atoms with van der Waals surface area (Å²) in [6.07, 6.45) is 0. The second kappa shape index (κ2) is 8.36. The molecule has 2 aromatic rings. The molecule has 8 heteroatoms. The number of nitrogens with zero attached hydrogens (tertiary/aromatic N) is 2. The number of hydrogen-bond donors (Lipinski definition) is 1. The maximum atomic E-state index is 12.9. The summed E-state index contributed by atoms with van der Waals surface area (Å²) in [7, 11) is 2.87. The van der Waals surface area contributed by atoms with E-state index in [1.807, 2.05) is 0 Å². The van der Waals surface area contributed by atoms with Gasteiger partial charge >= 0.3 is 5.97 Å². The quantitative estimate of drug-likeness (QED) is 0.740. The molecule has 1 heterocycles. The van der Waals surface area contributed by atoms with Crippen molar-refractivity contribution < 1.29 is 23.9 Å². The van der Waals surface area contributed by atoms with Crippen molar-refractivity contribution in [3.8, 4) is 5.75 Å². The molecule has 1 N–H and O–H groups in total. The lowest BCUT2D eigenvalue weighted by Crippen LogP contribution is -2.46. The maximum Gasteiger partial charge on any atom is 0.337 e. The molecule has 3 rings (SSSR count). The van der Waals surface area contributed by atoms with E-state index in [-0.39, 0.29) is 18.4 Å². The number of rotatable bonds is 6. The van der Waals surface area contributed by atoms with Gasteiger partial charge in [0.2, 0.25) is 5.91 Å². The number of nitrogens with one attached hydrogen (secondary N) is 1. The molecule has 0 atom stereocenters. The topological polar surface area (TPSA) is 97.3 Å². The van der Waals surface area contributed by atoms with Gasteiger partial charge < -0.3 is 19.7 Å². The monoisotopic (exact) mass is 409 g/mol. The van der Waals surface area contributed by atoms with Gasteiger partial charge in [-0.2, -0.15) is 0 Å². The van der Waals surface area contributed by atoms with Crippen LogP contribution in [-0.2, 0) is 14.3 Å². The molecule has 1 aliphatic heterocycles. The predicted molar refractivity (Wildman–Crippen MR) is 112 cm³/mol. The third-order valence-corrected chi connectivity index (χ3v) is 4.75. The molecular weight excluding hydrogens is 386 g/mol. The summed E-state index contributed by atoms with van der Waals surface area (Å²) in [4.78, 5) is 42.9. The van der Waals surface area contributed by atoms with E-state index in [0.717, 1.165) is 0 Å². The Hall–Kier alpha value is -3.68. The molecule has 8 nitrogen and oxygen atoms in total. The lowest BCUT2D eigenvalue weighted by Gasteiger charge is -2.28. The van der Waals surface area contributed by atoms with Gasteiger partial charge in [-0.15, -0.1) is 0 Å². The number of ether oxygens (including phenoxy) is 2. The first-order chi connectivity index (χ1) is 14.2. The summed E-state index contributed by atoms with van der Waals surface area (Å²) in [6.45, 7) is 3.40. The highest BCUT2D eigenvalue weighted by Crippen LogP contribution is 2.27. The van der Waals surface area contributed by atoms with E-state index < -0.39 is 11.6 Å². The molecule has 2 amide bonds. The Morgan fingerprint density at radius 1 is 1.03 bits per heavy atom. The molecule has 156 valence electrons. The third kappa shape index (κ3) is 4.32. The molecule has 0 spiro atoms. The Balaban J connectivity index is 1.69. The van der Waals surface area contributed by atoms with Gasteiger partial charge in [-0.1, -0.05) is 0 Å². The molecule has 0 radical (unpaired) electrons. The highest BCUT2D eigenvalue weighted by molar-refractivity contribution is 6.47. The number of hydrogen-bond acceptors (Lipinski definition) is 6. The number of esters is 1. The smallest absolute Gasteiger partial charge is 0.337 e. The van der Waals surface area contributed by atoms with Crippen LogP contribution in [0.1, 0.15) is 29.8 Å². The van der Waals surface area contributed by atoms with E-state index in [0.29, 0.717) is 28.3 Å². The molecule has 0 saturated carbocycles. The number of benzene rings is 2. The normalized spacial score (nSPS) is 14.9. The first-order valence-electron chi connectivity index (χ1n) is 9.29. The van der Waals surface area contributed by atoms with Crippen LogP contribution >= 0.6 is 0 Å². The Morgan fingerprint density at radius 3 is 2.23 bits per heavy atom. The highest BCUT2D eigenvalue weighted by Gasteiger charge is 2.41. The Labute approximate surface area is 174 Å². The Bertz CT molecular complexity index is 994. The summed E-state index contributed by atoms with van der Waals surface area (Å²) in [5, 5.41) is 2.73. The summed E-state index contributed by atoms with van der Waals surface area (Å²) in [6, 6.07) is 13.3. The van der Waals surface area contributed by atoms with Crippen molar-refractivity contribution in [2.24, 2.45) is 4.99 Å². The van der Waals surface area contributed by atoms with Gasteiger partial charge in [0.05, 0.1) is 19.8 Å². The van der Waals surface area contributed by atoms with Crippen LogP contribution in [-0.4, -0.2) is 54.8 Å². The van der Waals surface area contributed by atoms with Crippen molar-refractivity contribution in [3.63, 3.8) is 0 Å². The van der Waals surface area contributed by atoms with Crippen LogP contribution in [0.4, 0.5) is 5.69 Å². The Kier molecular flexibility index (Phi) is 5.86. The first-order valence-corrected chi connectivity index (χ1v) is 9.29. The van der Waals surface area contributed by atoms with Gasteiger partial charge in [-0.25, -0.2) is 4.79 Å². The fourth-order valence-electron chi connectivity index (χ4n) is 3.11. The van der Waals surface area contributed by atoms with E-state index in [1.54, 1.807) is 69.5 Å².